The van der Waals surface area contributed by atoms with Crippen LogP contribution in [-0.4, -0.2) is 43.2 Å². The van der Waals surface area contributed by atoms with Gasteiger partial charge in [0, 0.05) is 43.4 Å². The molecule has 2 unspecified atom stereocenters. The molecule has 1 N–H and O–H groups in total. The zero-order valence-corrected chi connectivity index (χ0v) is 14.5. The fourth-order valence-electron chi connectivity index (χ4n) is 3.11. The van der Waals surface area contributed by atoms with Crippen molar-refractivity contribution in [1.29, 1.82) is 0 Å². The average Bonchev–Trinajstić information content (AvgIpc) is 2.42. The monoisotopic (exact) mass is 289 g/mol. The van der Waals surface area contributed by atoms with Gasteiger partial charge in [-0.2, -0.15) is 0 Å². The second-order valence-corrected chi connectivity index (χ2v) is 6.92. The molecule has 0 saturated carbocycles. The summed E-state index contributed by atoms with van der Waals surface area (Å²) in [6.07, 6.45) is 0. The lowest BCUT2D eigenvalue weighted by Crippen LogP contribution is -2.55. The van der Waals surface area contributed by atoms with E-state index >= 15 is 0 Å². The van der Waals surface area contributed by atoms with Gasteiger partial charge in [0.05, 0.1) is 0 Å². The first kappa shape index (κ1) is 16.3. The predicted molar refractivity (Wildman–Crippen MR) is 92.1 cm³/mol. The molecule has 1 aliphatic rings. The number of hydrogen-bond acceptors (Lipinski definition) is 3. The highest BCUT2D eigenvalue weighted by molar-refractivity contribution is 5.55. The van der Waals surface area contributed by atoms with Gasteiger partial charge in [0.25, 0.3) is 0 Å². The predicted octanol–water partition coefficient (Wildman–Crippen LogP) is 3.02. The molecule has 1 aromatic carbocycles. The third kappa shape index (κ3) is 3.98. The molecule has 3 nitrogen and oxygen atoms in total. The summed E-state index contributed by atoms with van der Waals surface area (Å²) in [5.41, 5.74) is 4.16. The Hall–Kier alpha value is -1.06. The van der Waals surface area contributed by atoms with Crippen LogP contribution in [0.3, 0.4) is 0 Å². The van der Waals surface area contributed by atoms with Crippen LogP contribution in [0, 0.1) is 6.92 Å². The maximum absolute atomic E-state index is 3.49. The lowest BCUT2D eigenvalue weighted by Gasteiger charge is -2.44. The Labute approximate surface area is 130 Å². The fraction of sp³-hybridized carbons (Fsp3) is 0.667. The third-order valence-corrected chi connectivity index (χ3v) is 4.68. The molecule has 1 fully saturated rings. The molecule has 3 heteroatoms. The average molecular weight is 289 g/mol. The van der Waals surface area contributed by atoms with E-state index < -0.39 is 0 Å². The molecule has 1 heterocycles. The standard InChI is InChI=1S/C18H31N3/c1-13(2)19-10-17-7-8-18(14(3)9-17)21-11-15(4)20(6)16(5)12-21/h7-9,13,15-16,19H,10-12H2,1-6H3. The molecule has 21 heavy (non-hydrogen) atoms. The summed E-state index contributed by atoms with van der Waals surface area (Å²) < 4.78 is 0. The normalized spacial score (nSPS) is 23.9. The summed E-state index contributed by atoms with van der Waals surface area (Å²) >= 11 is 0. The van der Waals surface area contributed by atoms with Crippen LogP contribution in [0.2, 0.25) is 0 Å². The zero-order valence-electron chi connectivity index (χ0n) is 14.5. The Morgan fingerprint density at radius 1 is 1.19 bits per heavy atom. The molecule has 0 amide bonds. The van der Waals surface area contributed by atoms with Crippen molar-refractivity contribution in [1.82, 2.24) is 10.2 Å². The molecular weight excluding hydrogens is 258 g/mol. The molecule has 0 radical (unpaired) electrons. The lowest BCUT2D eigenvalue weighted by atomic mass is 10.0. The minimum absolute atomic E-state index is 0.532. The summed E-state index contributed by atoms with van der Waals surface area (Å²) in [5.74, 6) is 0. The molecule has 118 valence electrons. The number of aryl methyl sites for hydroxylation is 1. The molecule has 2 rings (SSSR count). The SMILES string of the molecule is Cc1cc(CNC(C)C)ccc1N1CC(C)N(C)C(C)C1. The molecule has 0 aromatic heterocycles. The summed E-state index contributed by atoms with van der Waals surface area (Å²) in [6, 6.07) is 8.65. The van der Waals surface area contributed by atoms with E-state index in [1.54, 1.807) is 0 Å². The van der Waals surface area contributed by atoms with Gasteiger partial charge in [-0.15, -0.1) is 0 Å². The largest absolute Gasteiger partial charge is 0.368 e. The minimum atomic E-state index is 0.532. The van der Waals surface area contributed by atoms with Crippen LogP contribution in [0.5, 0.6) is 0 Å². The van der Waals surface area contributed by atoms with Crippen molar-refractivity contribution in [2.24, 2.45) is 0 Å². The van der Waals surface area contributed by atoms with Gasteiger partial charge in [0.2, 0.25) is 0 Å². The number of nitrogens with one attached hydrogen (secondary N) is 1. The van der Waals surface area contributed by atoms with Crippen LogP contribution >= 0.6 is 0 Å². The Bertz CT molecular complexity index is 458. The molecule has 0 bridgehead atoms. The van der Waals surface area contributed by atoms with Gasteiger partial charge in [0.15, 0.2) is 0 Å². The molecule has 0 spiro atoms. The van der Waals surface area contributed by atoms with Crippen molar-refractivity contribution in [2.75, 3.05) is 25.0 Å². The summed E-state index contributed by atoms with van der Waals surface area (Å²) in [5, 5.41) is 3.49. The van der Waals surface area contributed by atoms with Crippen LogP contribution in [0.25, 0.3) is 0 Å². The van der Waals surface area contributed by atoms with Crippen LogP contribution in [-0.2, 0) is 6.54 Å². The maximum Gasteiger partial charge on any atom is 0.0397 e. The number of piperazine rings is 1. The zero-order chi connectivity index (χ0) is 15.6. The van der Waals surface area contributed by atoms with Crippen molar-refractivity contribution < 1.29 is 0 Å². The Morgan fingerprint density at radius 3 is 2.33 bits per heavy atom. The van der Waals surface area contributed by atoms with Crippen molar-refractivity contribution in [3.05, 3.63) is 29.3 Å². The highest BCUT2D eigenvalue weighted by atomic mass is 15.3. The van der Waals surface area contributed by atoms with Crippen LogP contribution in [0.15, 0.2) is 18.2 Å². The maximum atomic E-state index is 3.49. The molecule has 0 aliphatic carbocycles. The van der Waals surface area contributed by atoms with Crippen LogP contribution in [0.4, 0.5) is 5.69 Å². The Morgan fingerprint density at radius 2 is 1.81 bits per heavy atom. The number of benzene rings is 1. The fourth-order valence-corrected chi connectivity index (χ4v) is 3.11. The second-order valence-electron chi connectivity index (χ2n) is 6.92. The van der Waals surface area contributed by atoms with Crippen molar-refractivity contribution in [3.8, 4) is 0 Å². The third-order valence-electron chi connectivity index (χ3n) is 4.68. The van der Waals surface area contributed by atoms with Gasteiger partial charge in [0.1, 0.15) is 0 Å². The van der Waals surface area contributed by atoms with E-state index in [1.165, 1.54) is 16.8 Å². The number of nitrogens with zero attached hydrogens (tertiary/aromatic N) is 2. The van der Waals surface area contributed by atoms with Crippen molar-refractivity contribution in [2.45, 2.75) is 59.3 Å². The molecule has 1 aromatic rings. The van der Waals surface area contributed by atoms with E-state index in [1.807, 2.05) is 0 Å². The molecular formula is C18H31N3. The van der Waals surface area contributed by atoms with E-state index in [0.29, 0.717) is 18.1 Å². The molecule has 2 atom stereocenters. The molecule has 1 saturated heterocycles. The summed E-state index contributed by atoms with van der Waals surface area (Å²) in [4.78, 5) is 5.02. The Kier molecular flexibility index (Phi) is 5.28. The van der Waals surface area contributed by atoms with E-state index in [9.17, 15) is 0 Å². The first-order valence-corrected chi connectivity index (χ1v) is 8.18. The van der Waals surface area contributed by atoms with Gasteiger partial charge < -0.3 is 10.2 Å². The number of likely N-dealkylation sites (N-methyl/N-ethyl adjacent to an activating group) is 1. The molecule has 1 aliphatic heterocycles. The lowest BCUT2D eigenvalue weighted by molar-refractivity contribution is 0.170. The number of hydrogen-bond donors (Lipinski definition) is 1. The first-order valence-electron chi connectivity index (χ1n) is 8.18. The quantitative estimate of drug-likeness (QED) is 0.919. The van der Waals surface area contributed by atoms with E-state index in [4.69, 9.17) is 0 Å². The van der Waals surface area contributed by atoms with Gasteiger partial charge in [-0.1, -0.05) is 26.0 Å². The highest BCUT2D eigenvalue weighted by Gasteiger charge is 2.27. The first-order chi connectivity index (χ1) is 9.88. The summed E-state index contributed by atoms with van der Waals surface area (Å²) in [7, 11) is 2.24. The van der Waals surface area contributed by atoms with Gasteiger partial charge in [-0.3, -0.25) is 4.90 Å². The Balaban J connectivity index is 2.10. The summed E-state index contributed by atoms with van der Waals surface area (Å²) in [6.45, 7) is 14.4. The second kappa shape index (κ2) is 6.80. The van der Waals surface area contributed by atoms with Gasteiger partial charge >= 0.3 is 0 Å². The van der Waals surface area contributed by atoms with Crippen LogP contribution < -0.4 is 10.2 Å². The highest BCUT2D eigenvalue weighted by Crippen LogP contribution is 2.25. The van der Waals surface area contributed by atoms with Gasteiger partial charge in [-0.25, -0.2) is 0 Å². The van der Waals surface area contributed by atoms with Crippen molar-refractivity contribution >= 4 is 5.69 Å². The topological polar surface area (TPSA) is 18.5 Å². The minimum Gasteiger partial charge on any atom is -0.368 e. The smallest absolute Gasteiger partial charge is 0.0397 e. The van der Waals surface area contributed by atoms with E-state index in [-0.39, 0.29) is 0 Å². The number of rotatable bonds is 4. The van der Waals surface area contributed by atoms with Crippen molar-refractivity contribution in [3.63, 3.8) is 0 Å². The van der Waals surface area contributed by atoms with E-state index in [2.05, 4.69) is 75.0 Å². The van der Waals surface area contributed by atoms with Crippen LogP contribution in [0.1, 0.15) is 38.8 Å². The number of anilines is 1. The van der Waals surface area contributed by atoms with E-state index in [0.717, 1.165) is 19.6 Å². The van der Waals surface area contributed by atoms with Gasteiger partial charge in [-0.05, 0) is 45.0 Å².